The van der Waals surface area contributed by atoms with Gasteiger partial charge in [0.15, 0.2) is 5.13 Å². The molecular weight excluding hydrogens is 418 g/mol. The Hall–Kier alpha value is -2.21. The van der Waals surface area contributed by atoms with Crippen LogP contribution in [0, 0.1) is 0 Å². The van der Waals surface area contributed by atoms with Gasteiger partial charge in [0.05, 0.1) is 18.4 Å². The Kier molecular flexibility index (Phi) is 5.23. The Balaban J connectivity index is 1.51. The van der Waals surface area contributed by atoms with E-state index in [9.17, 15) is 13.2 Å². The van der Waals surface area contributed by atoms with Crippen molar-refractivity contribution in [3.8, 4) is 0 Å². The lowest BCUT2D eigenvalue weighted by Gasteiger charge is -2.24. The van der Waals surface area contributed by atoms with Crippen molar-refractivity contribution in [1.29, 1.82) is 0 Å². The molecule has 4 rings (SSSR count). The molecular formula is C17H17N5O3S3. The third-order valence-corrected chi connectivity index (χ3v) is 8.83. The first-order valence-corrected chi connectivity index (χ1v) is 11.7. The highest BCUT2D eigenvalue weighted by atomic mass is 32.2. The molecule has 146 valence electrons. The number of anilines is 1. The fourth-order valence-corrected chi connectivity index (χ4v) is 6.78. The van der Waals surface area contributed by atoms with Gasteiger partial charge >= 0.3 is 0 Å². The Morgan fingerprint density at radius 2 is 2.14 bits per heavy atom. The predicted molar refractivity (Wildman–Crippen MR) is 107 cm³/mol. The number of sulfonamides is 1. The van der Waals surface area contributed by atoms with E-state index in [0.717, 1.165) is 21.9 Å². The van der Waals surface area contributed by atoms with E-state index in [1.54, 1.807) is 6.07 Å². The van der Waals surface area contributed by atoms with Crippen LogP contribution in [0.2, 0.25) is 0 Å². The second kappa shape index (κ2) is 7.66. The molecule has 0 atom stereocenters. The van der Waals surface area contributed by atoms with Crippen molar-refractivity contribution in [2.75, 3.05) is 11.9 Å². The molecule has 0 saturated heterocycles. The van der Waals surface area contributed by atoms with Crippen molar-refractivity contribution < 1.29 is 13.2 Å². The topological polar surface area (TPSA) is 105 Å². The number of aryl methyl sites for hydroxylation is 1. The van der Waals surface area contributed by atoms with E-state index in [-0.39, 0.29) is 12.2 Å². The molecule has 3 aromatic heterocycles. The fourth-order valence-electron chi connectivity index (χ4n) is 2.82. The fraction of sp³-hybridized carbons (Fsp3) is 0.294. The van der Waals surface area contributed by atoms with E-state index in [1.165, 1.54) is 45.6 Å². The highest BCUT2D eigenvalue weighted by Crippen LogP contribution is 2.33. The molecule has 0 radical (unpaired) electrons. The van der Waals surface area contributed by atoms with Crippen molar-refractivity contribution in [3.63, 3.8) is 0 Å². The molecule has 1 aliphatic rings. The molecule has 11 heteroatoms. The Morgan fingerprint density at radius 1 is 1.29 bits per heavy atom. The molecule has 8 nitrogen and oxygen atoms in total. The lowest BCUT2D eigenvalue weighted by Crippen LogP contribution is -2.35. The predicted octanol–water partition coefficient (Wildman–Crippen LogP) is 2.56. The molecule has 1 N–H and O–H groups in total. The number of hydrogen-bond donors (Lipinski definition) is 1. The van der Waals surface area contributed by atoms with E-state index in [0.29, 0.717) is 22.3 Å². The van der Waals surface area contributed by atoms with E-state index in [2.05, 4.69) is 20.3 Å². The van der Waals surface area contributed by atoms with E-state index in [4.69, 9.17) is 0 Å². The summed E-state index contributed by atoms with van der Waals surface area (Å²) in [6, 6.07) is 3.54. The van der Waals surface area contributed by atoms with Gasteiger partial charge in [-0.2, -0.15) is 4.31 Å². The highest BCUT2D eigenvalue weighted by molar-refractivity contribution is 7.91. The van der Waals surface area contributed by atoms with Crippen LogP contribution in [0.1, 0.15) is 32.9 Å². The van der Waals surface area contributed by atoms with E-state index in [1.807, 2.05) is 13.0 Å². The Morgan fingerprint density at radius 3 is 2.86 bits per heavy atom. The van der Waals surface area contributed by atoms with Gasteiger partial charge in [0.1, 0.15) is 9.90 Å². The minimum atomic E-state index is -3.53. The van der Waals surface area contributed by atoms with Crippen molar-refractivity contribution in [2.45, 2.75) is 30.5 Å². The molecule has 1 aliphatic heterocycles. The highest BCUT2D eigenvalue weighted by Gasteiger charge is 2.31. The zero-order valence-electron chi connectivity index (χ0n) is 15.0. The standard InChI is InChI=1S/C17H17N5O3S3/c1-2-11-3-4-15(26-11)28(24,25)22-8-5-12-14(10-22)27-17(20-12)21-16(23)13-9-18-6-7-19-13/h3-4,6-7,9H,2,5,8,10H2,1H3,(H,20,21,23). The largest absolute Gasteiger partial charge is 0.296 e. The van der Waals surface area contributed by atoms with Crippen LogP contribution in [0.3, 0.4) is 0 Å². The first kappa shape index (κ1) is 19.1. The summed E-state index contributed by atoms with van der Waals surface area (Å²) in [5, 5.41) is 3.15. The summed E-state index contributed by atoms with van der Waals surface area (Å²) in [6.07, 6.45) is 5.64. The maximum Gasteiger partial charge on any atom is 0.277 e. The van der Waals surface area contributed by atoms with Gasteiger partial charge in [0, 0.05) is 35.1 Å². The average Bonchev–Trinajstić information content (AvgIpc) is 3.34. The molecule has 0 spiro atoms. The average molecular weight is 436 g/mol. The smallest absolute Gasteiger partial charge is 0.277 e. The van der Waals surface area contributed by atoms with Gasteiger partial charge in [-0.15, -0.1) is 22.7 Å². The first-order chi connectivity index (χ1) is 13.5. The minimum Gasteiger partial charge on any atom is -0.296 e. The van der Waals surface area contributed by atoms with Crippen LogP contribution >= 0.6 is 22.7 Å². The quantitative estimate of drug-likeness (QED) is 0.660. The van der Waals surface area contributed by atoms with Crippen LogP contribution in [0.25, 0.3) is 0 Å². The maximum atomic E-state index is 12.9. The van der Waals surface area contributed by atoms with Crippen LogP contribution in [0.5, 0.6) is 0 Å². The Bertz CT molecular complexity index is 1110. The van der Waals surface area contributed by atoms with Crippen LogP contribution in [0.15, 0.2) is 34.9 Å². The molecule has 0 aromatic carbocycles. The number of rotatable bonds is 5. The van der Waals surface area contributed by atoms with Crippen LogP contribution < -0.4 is 5.32 Å². The minimum absolute atomic E-state index is 0.198. The third-order valence-electron chi connectivity index (χ3n) is 4.29. The summed E-state index contributed by atoms with van der Waals surface area (Å²) >= 11 is 2.60. The molecule has 0 bridgehead atoms. The molecule has 4 heterocycles. The number of thiophene rings is 1. The van der Waals surface area contributed by atoms with Crippen LogP contribution in [-0.4, -0.2) is 40.1 Å². The summed E-state index contributed by atoms with van der Waals surface area (Å²) in [5.74, 6) is -0.394. The lowest BCUT2D eigenvalue weighted by atomic mass is 10.2. The molecule has 0 unspecified atom stereocenters. The SMILES string of the molecule is CCc1ccc(S(=O)(=O)N2CCc3nc(NC(=O)c4cnccn4)sc3C2)s1. The summed E-state index contributed by atoms with van der Waals surface area (Å²) in [6.45, 7) is 2.63. The zero-order valence-corrected chi connectivity index (χ0v) is 17.4. The van der Waals surface area contributed by atoms with Gasteiger partial charge in [0.2, 0.25) is 0 Å². The zero-order chi connectivity index (χ0) is 19.7. The summed E-state index contributed by atoms with van der Waals surface area (Å²) in [4.78, 5) is 26.4. The first-order valence-electron chi connectivity index (χ1n) is 8.62. The number of fused-ring (bicyclic) bond motifs is 1. The number of carbonyl (C=O) groups excluding carboxylic acids is 1. The molecule has 0 fully saturated rings. The number of amides is 1. The molecule has 0 aliphatic carbocycles. The molecule has 1 amide bonds. The number of nitrogens with one attached hydrogen (secondary N) is 1. The Labute approximate surface area is 170 Å². The third kappa shape index (κ3) is 3.70. The summed E-state index contributed by atoms with van der Waals surface area (Å²) in [5.41, 5.74) is 1.02. The molecule has 0 saturated carbocycles. The van der Waals surface area contributed by atoms with Crippen LogP contribution in [0.4, 0.5) is 5.13 Å². The van der Waals surface area contributed by atoms with E-state index < -0.39 is 15.9 Å². The monoisotopic (exact) mass is 435 g/mol. The summed E-state index contributed by atoms with van der Waals surface area (Å²) < 4.78 is 27.7. The van der Waals surface area contributed by atoms with Gasteiger partial charge in [-0.05, 0) is 18.6 Å². The van der Waals surface area contributed by atoms with Gasteiger partial charge < -0.3 is 0 Å². The van der Waals surface area contributed by atoms with E-state index >= 15 is 0 Å². The lowest BCUT2D eigenvalue weighted by molar-refractivity contribution is 0.102. The van der Waals surface area contributed by atoms with Crippen molar-refractivity contribution in [2.24, 2.45) is 0 Å². The second-order valence-corrected chi connectivity index (χ2v) is 10.5. The van der Waals surface area contributed by atoms with Crippen molar-refractivity contribution in [1.82, 2.24) is 19.3 Å². The number of hydrogen-bond acceptors (Lipinski definition) is 8. The van der Waals surface area contributed by atoms with Crippen molar-refractivity contribution >= 4 is 43.7 Å². The second-order valence-electron chi connectivity index (χ2n) is 6.10. The van der Waals surface area contributed by atoms with Crippen molar-refractivity contribution in [3.05, 3.63) is 51.9 Å². The van der Waals surface area contributed by atoms with Gasteiger partial charge in [-0.25, -0.2) is 18.4 Å². The summed E-state index contributed by atoms with van der Waals surface area (Å²) in [7, 11) is -3.53. The van der Waals surface area contributed by atoms with Gasteiger partial charge in [-0.1, -0.05) is 6.92 Å². The normalized spacial score (nSPS) is 14.6. The molecule has 28 heavy (non-hydrogen) atoms. The number of carbonyl (C=O) groups is 1. The number of thiazole rings is 1. The van der Waals surface area contributed by atoms with Crippen LogP contribution in [-0.2, 0) is 29.4 Å². The van der Waals surface area contributed by atoms with Gasteiger partial charge in [0.25, 0.3) is 15.9 Å². The maximum absolute atomic E-state index is 12.9. The number of nitrogens with zero attached hydrogens (tertiary/aromatic N) is 4. The van der Waals surface area contributed by atoms with Gasteiger partial charge in [-0.3, -0.25) is 15.1 Å². The molecule has 3 aromatic rings. The number of aromatic nitrogens is 3.